The number of nitrogens with one attached hydrogen (secondary N) is 1. The van der Waals surface area contributed by atoms with Crippen LogP contribution in [0.1, 0.15) is 25.7 Å². The average molecular weight is 285 g/mol. The lowest BCUT2D eigenvalue weighted by atomic mass is 10.0. The van der Waals surface area contributed by atoms with Crippen molar-refractivity contribution in [3.63, 3.8) is 0 Å². The van der Waals surface area contributed by atoms with Crippen LogP contribution >= 0.6 is 11.6 Å². The van der Waals surface area contributed by atoms with E-state index in [4.69, 9.17) is 16.3 Å². The molecule has 1 aliphatic heterocycles. The minimum Gasteiger partial charge on any atom is -0.487 e. The van der Waals surface area contributed by atoms with Crippen molar-refractivity contribution >= 4 is 17.3 Å². The Bertz CT molecular complexity index is 448. The molecule has 1 aliphatic rings. The summed E-state index contributed by atoms with van der Waals surface area (Å²) in [7, 11) is 0. The van der Waals surface area contributed by atoms with Crippen molar-refractivity contribution in [2.75, 3.05) is 13.2 Å². The molecule has 1 aromatic rings. The number of piperidine rings is 1. The molecular weight excluding hydrogens is 268 g/mol. The van der Waals surface area contributed by atoms with Crippen molar-refractivity contribution < 1.29 is 9.66 Å². The van der Waals surface area contributed by atoms with Crippen molar-refractivity contribution in [3.8, 4) is 5.75 Å². The normalized spacial score (nSPS) is 19.1. The summed E-state index contributed by atoms with van der Waals surface area (Å²) in [5.41, 5.74) is -0.0795. The SMILES string of the molecule is O=[N+]([O-])c1cc(Cl)ccc1OCC[C@H]1CCCCN1. The molecule has 19 heavy (non-hydrogen) atoms. The second-order valence-electron chi connectivity index (χ2n) is 4.65. The molecule has 1 fully saturated rings. The van der Waals surface area contributed by atoms with Crippen LogP contribution in [0.3, 0.4) is 0 Å². The number of hydrogen-bond acceptors (Lipinski definition) is 4. The highest BCUT2D eigenvalue weighted by atomic mass is 35.5. The van der Waals surface area contributed by atoms with E-state index in [9.17, 15) is 10.1 Å². The van der Waals surface area contributed by atoms with Gasteiger partial charge >= 0.3 is 5.69 Å². The van der Waals surface area contributed by atoms with Crippen molar-refractivity contribution in [2.24, 2.45) is 0 Å². The molecule has 0 aromatic heterocycles. The van der Waals surface area contributed by atoms with Gasteiger partial charge in [0, 0.05) is 17.1 Å². The third-order valence-corrected chi connectivity index (χ3v) is 3.49. The molecule has 0 saturated carbocycles. The first kappa shape index (κ1) is 14.1. The standard InChI is InChI=1S/C13H17ClN2O3/c14-10-4-5-13(12(9-10)16(17)18)19-8-6-11-3-1-2-7-15-11/h4-5,9,11,15H,1-3,6-8H2/t11-/m1/s1. The van der Waals surface area contributed by atoms with Gasteiger partial charge in [-0.05, 0) is 37.9 Å². The van der Waals surface area contributed by atoms with Crippen molar-refractivity contribution in [1.82, 2.24) is 5.32 Å². The number of ether oxygens (including phenoxy) is 1. The molecule has 1 saturated heterocycles. The predicted molar refractivity (Wildman–Crippen MR) is 73.9 cm³/mol. The molecule has 2 rings (SSSR count). The Balaban J connectivity index is 1.89. The fraction of sp³-hybridized carbons (Fsp3) is 0.538. The molecule has 6 heteroatoms. The Morgan fingerprint density at radius 2 is 2.32 bits per heavy atom. The maximum absolute atomic E-state index is 10.9. The first-order valence-electron chi connectivity index (χ1n) is 6.47. The summed E-state index contributed by atoms with van der Waals surface area (Å²) in [6.07, 6.45) is 4.46. The molecule has 0 radical (unpaired) electrons. The monoisotopic (exact) mass is 284 g/mol. The Morgan fingerprint density at radius 1 is 1.47 bits per heavy atom. The smallest absolute Gasteiger partial charge is 0.312 e. The van der Waals surface area contributed by atoms with Gasteiger partial charge in [0.05, 0.1) is 11.5 Å². The predicted octanol–water partition coefficient (Wildman–Crippen LogP) is 3.16. The number of nitro groups is 1. The highest BCUT2D eigenvalue weighted by Gasteiger charge is 2.17. The molecule has 1 aromatic carbocycles. The molecule has 1 N–H and O–H groups in total. The van der Waals surface area contributed by atoms with E-state index in [1.165, 1.54) is 18.9 Å². The first-order chi connectivity index (χ1) is 9.16. The second kappa shape index (κ2) is 6.73. The molecule has 0 amide bonds. The molecule has 0 unspecified atom stereocenters. The third-order valence-electron chi connectivity index (χ3n) is 3.25. The van der Waals surface area contributed by atoms with E-state index < -0.39 is 4.92 Å². The number of nitro benzene ring substituents is 1. The Labute approximate surface area is 117 Å². The highest BCUT2D eigenvalue weighted by molar-refractivity contribution is 6.30. The largest absolute Gasteiger partial charge is 0.487 e. The summed E-state index contributed by atoms with van der Waals surface area (Å²) < 4.78 is 5.52. The summed E-state index contributed by atoms with van der Waals surface area (Å²) in [6.45, 7) is 1.52. The molecule has 5 nitrogen and oxygen atoms in total. The van der Waals surface area contributed by atoms with Crippen molar-refractivity contribution in [1.29, 1.82) is 0 Å². The third kappa shape index (κ3) is 4.08. The topological polar surface area (TPSA) is 64.4 Å². The molecule has 1 atom stereocenters. The number of benzene rings is 1. The lowest BCUT2D eigenvalue weighted by Crippen LogP contribution is -2.35. The van der Waals surface area contributed by atoms with Crippen LogP contribution in [0.25, 0.3) is 0 Å². The zero-order valence-corrected chi connectivity index (χ0v) is 11.4. The minimum absolute atomic E-state index is 0.0795. The highest BCUT2D eigenvalue weighted by Crippen LogP contribution is 2.30. The van der Waals surface area contributed by atoms with Crippen LogP contribution in [-0.4, -0.2) is 24.1 Å². The summed E-state index contributed by atoms with van der Waals surface area (Å²) in [4.78, 5) is 10.4. The van der Waals surface area contributed by atoms with Crippen LogP contribution in [-0.2, 0) is 0 Å². The van der Waals surface area contributed by atoms with Gasteiger partial charge in [0.25, 0.3) is 0 Å². The lowest BCUT2D eigenvalue weighted by molar-refractivity contribution is -0.385. The fourth-order valence-electron chi connectivity index (χ4n) is 2.24. The van der Waals surface area contributed by atoms with E-state index in [2.05, 4.69) is 5.32 Å². The first-order valence-corrected chi connectivity index (χ1v) is 6.85. The van der Waals surface area contributed by atoms with Gasteiger partial charge in [-0.25, -0.2) is 0 Å². The van der Waals surface area contributed by atoms with E-state index in [-0.39, 0.29) is 11.4 Å². The van der Waals surface area contributed by atoms with E-state index in [1.807, 2.05) is 0 Å². The van der Waals surface area contributed by atoms with Gasteiger partial charge in [0.2, 0.25) is 0 Å². The molecule has 104 valence electrons. The Morgan fingerprint density at radius 3 is 3.00 bits per heavy atom. The summed E-state index contributed by atoms with van der Waals surface area (Å²) in [5.74, 6) is 0.283. The quantitative estimate of drug-likeness (QED) is 0.666. The van der Waals surface area contributed by atoms with Gasteiger partial charge in [0.1, 0.15) is 0 Å². The van der Waals surface area contributed by atoms with E-state index >= 15 is 0 Å². The molecule has 0 aliphatic carbocycles. The van der Waals surface area contributed by atoms with Crippen LogP contribution in [0.15, 0.2) is 18.2 Å². The van der Waals surface area contributed by atoms with Gasteiger partial charge in [-0.1, -0.05) is 18.0 Å². The number of halogens is 1. The summed E-state index contributed by atoms with van der Waals surface area (Å²) >= 11 is 5.75. The fourth-order valence-corrected chi connectivity index (χ4v) is 2.40. The van der Waals surface area contributed by atoms with E-state index in [1.54, 1.807) is 12.1 Å². The van der Waals surface area contributed by atoms with Crippen molar-refractivity contribution in [2.45, 2.75) is 31.7 Å². The zero-order valence-electron chi connectivity index (χ0n) is 10.6. The van der Waals surface area contributed by atoms with Gasteiger partial charge < -0.3 is 10.1 Å². The molecule has 1 heterocycles. The summed E-state index contributed by atoms with van der Waals surface area (Å²) in [6, 6.07) is 4.92. The molecule has 0 bridgehead atoms. The average Bonchev–Trinajstić information content (AvgIpc) is 2.41. The lowest BCUT2D eigenvalue weighted by Gasteiger charge is -2.23. The van der Waals surface area contributed by atoms with Gasteiger partial charge in [-0.3, -0.25) is 10.1 Å². The van der Waals surface area contributed by atoms with E-state index in [0.29, 0.717) is 17.7 Å². The maximum Gasteiger partial charge on any atom is 0.312 e. The van der Waals surface area contributed by atoms with Crippen LogP contribution in [0.5, 0.6) is 5.75 Å². The van der Waals surface area contributed by atoms with Crippen LogP contribution in [0.4, 0.5) is 5.69 Å². The van der Waals surface area contributed by atoms with Crippen LogP contribution < -0.4 is 10.1 Å². The van der Waals surface area contributed by atoms with Gasteiger partial charge in [0.15, 0.2) is 5.75 Å². The van der Waals surface area contributed by atoms with Gasteiger partial charge in [-0.15, -0.1) is 0 Å². The van der Waals surface area contributed by atoms with Crippen molar-refractivity contribution in [3.05, 3.63) is 33.3 Å². The van der Waals surface area contributed by atoms with Gasteiger partial charge in [-0.2, -0.15) is 0 Å². The Hall–Kier alpha value is -1.33. The zero-order chi connectivity index (χ0) is 13.7. The second-order valence-corrected chi connectivity index (χ2v) is 5.09. The van der Waals surface area contributed by atoms with Crippen LogP contribution in [0, 0.1) is 10.1 Å². The number of nitrogens with zero attached hydrogens (tertiary/aromatic N) is 1. The summed E-state index contributed by atoms with van der Waals surface area (Å²) in [5, 5.41) is 14.7. The minimum atomic E-state index is -0.472. The van der Waals surface area contributed by atoms with E-state index in [0.717, 1.165) is 19.4 Å². The number of hydrogen-bond donors (Lipinski definition) is 1. The van der Waals surface area contributed by atoms with Crippen LogP contribution in [0.2, 0.25) is 5.02 Å². The molecule has 0 spiro atoms. The molecular formula is C13H17ClN2O3. The number of rotatable bonds is 5. The Kier molecular flexibility index (Phi) is 4.99. The maximum atomic E-state index is 10.9.